The zero-order valence-electron chi connectivity index (χ0n) is 10.2. The molecule has 0 fully saturated rings. The number of nitriles is 1. The molecule has 1 N–H and O–H groups in total. The van der Waals surface area contributed by atoms with Crippen molar-refractivity contribution in [1.29, 1.82) is 5.26 Å². The van der Waals surface area contributed by atoms with Gasteiger partial charge < -0.3 is 5.32 Å². The third-order valence-corrected chi connectivity index (χ3v) is 3.90. The minimum absolute atomic E-state index is 0.583. The van der Waals surface area contributed by atoms with E-state index in [1.54, 1.807) is 12.1 Å². The van der Waals surface area contributed by atoms with Crippen molar-refractivity contribution in [1.82, 2.24) is 5.32 Å². The summed E-state index contributed by atoms with van der Waals surface area (Å²) in [5.74, 6) is 0. The summed E-state index contributed by atoms with van der Waals surface area (Å²) in [4.78, 5) is 0. The summed E-state index contributed by atoms with van der Waals surface area (Å²) >= 11 is 9.63. The molecular weight excluding hydrogens is 324 g/mol. The van der Waals surface area contributed by atoms with Crippen LogP contribution in [0.2, 0.25) is 5.02 Å². The second-order valence-corrected chi connectivity index (χ2v) is 5.37. The van der Waals surface area contributed by atoms with Crippen LogP contribution in [0.1, 0.15) is 16.7 Å². The molecule has 0 aliphatic rings. The Morgan fingerprint density at radius 2 is 1.84 bits per heavy atom. The molecule has 96 valence electrons. The third-order valence-electron chi connectivity index (χ3n) is 2.77. The Bertz CT molecular complexity index is 620. The SMILES string of the molecule is N#Cc1ccc(CNCc2ccccc2Br)c(Cl)c1. The third kappa shape index (κ3) is 3.81. The van der Waals surface area contributed by atoms with E-state index >= 15 is 0 Å². The first-order valence-electron chi connectivity index (χ1n) is 5.83. The highest BCUT2D eigenvalue weighted by molar-refractivity contribution is 9.10. The molecule has 4 heteroatoms. The Balaban J connectivity index is 1.97. The van der Waals surface area contributed by atoms with E-state index in [0.717, 1.165) is 16.6 Å². The number of nitrogens with one attached hydrogen (secondary N) is 1. The largest absolute Gasteiger partial charge is 0.309 e. The summed E-state index contributed by atoms with van der Waals surface area (Å²) < 4.78 is 1.09. The van der Waals surface area contributed by atoms with Crippen molar-refractivity contribution in [2.75, 3.05) is 0 Å². The standard InChI is InChI=1S/C15H12BrClN2/c16-14-4-2-1-3-12(14)9-19-10-13-6-5-11(8-18)7-15(13)17/h1-7,19H,9-10H2. The van der Waals surface area contributed by atoms with E-state index in [9.17, 15) is 0 Å². The average molecular weight is 336 g/mol. The fourth-order valence-electron chi connectivity index (χ4n) is 1.73. The van der Waals surface area contributed by atoms with Crippen LogP contribution >= 0.6 is 27.5 Å². The van der Waals surface area contributed by atoms with Gasteiger partial charge in [0.1, 0.15) is 0 Å². The van der Waals surface area contributed by atoms with Gasteiger partial charge in [-0.3, -0.25) is 0 Å². The molecule has 19 heavy (non-hydrogen) atoms. The van der Waals surface area contributed by atoms with Crippen molar-refractivity contribution >= 4 is 27.5 Å². The van der Waals surface area contributed by atoms with Crippen molar-refractivity contribution in [3.05, 3.63) is 68.7 Å². The van der Waals surface area contributed by atoms with E-state index < -0.39 is 0 Å². The molecule has 0 bridgehead atoms. The van der Waals surface area contributed by atoms with Crippen LogP contribution in [0.25, 0.3) is 0 Å². The molecule has 0 amide bonds. The number of halogens is 2. The van der Waals surface area contributed by atoms with E-state index in [2.05, 4.69) is 33.4 Å². The van der Waals surface area contributed by atoms with E-state index in [-0.39, 0.29) is 0 Å². The summed E-state index contributed by atoms with van der Waals surface area (Å²) in [6, 6.07) is 15.5. The fraction of sp³-hybridized carbons (Fsp3) is 0.133. The zero-order chi connectivity index (χ0) is 13.7. The smallest absolute Gasteiger partial charge is 0.0992 e. The number of hydrogen-bond donors (Lipinski definition) is 1. The van der Waals surface area contributed by atoms with E-state index in [1.807, 2.05) is 24.3 Å². The average Bonchev–Trinajstić information content (AvgIpc) is 2.42. The second-order valence-electron chi connectivity index (χ2n) is 4.11. The minimum Gasteiger partial charge on any atom is -0.309 e. The molecule has 2 aromatic rings. The van der Waals surface area contributed by atoms with Gasteiger partial charge in [0.25, 0.3) is 0 Å². The Hall–Kier alpha value is -1.34. The van der Waals surface area contributed by atoms with E-state index in [1.165, 1.54) is 5.56 Å². The van der Waals surface area contributed by atoms with Crippen LogP contribution in [0.3, 0.4) is 0 Å². The van der Waals surface area contributed by atoms with Gasteiger partial charge in [0, 0.05) is 22.6 Å². The van der Waals surface area contributed by atoms with E-state index in [0.29, 0.717) is 17.1 Å². The number of hydrogen-bond acceptors (Lipinski definition) is 2. The molecule has 0 aromatic heterocycles. The maximum atomic E-state index is 8.78. The van der Waals surface area contributed by atoms with Crippen molar-refractivity contribution < 1.29 is 0 Å². The van der Waals surface area contributed by atoms with Gasteiger partial charge in [-0.2, -0.15) is 5.26 Å². The molecule has 0 aliphatic carbocycles. The van der Waals surface area contributed by atoms with Gasteiger partial charge in [-0.15, -0.1) is 0 Å². The first kappa shape index (κ1) is 14.1. The normalized spacial score (nSPS) is 10.2. The molecule has 0 saturated carbocycles. The Morgan fingerprint density at radius 1 is 1.11 bits per heavy atom. The Labute approximate surface area is 126 Å². The first-order chi connectivity index (χ1) is 9.20. The summed E-state index contributed by atoms with van der Waals surface area (Å²) in [5.41, 5.74) is 2.78. The Morgan fingerprint density at radius 3 is 2.53 bits per heavy atom. The maximum absolute atomic E-state index is 8.78. The van der Waals surface area contributed by atoms with Gasteiger partial charge in [-0.05, 0) is 29.3 Å². The molecule has 0 heterocycles. The lowest BCUT2D eigenvalue weighted by Crippen LogP contribution is -2.13. The van der Waals surface area contributed by atoms with Crippen molar-refractivity contribution in [2.45, 2.75) is 13.1 Å². The number of benzene rings is 2. The molecule has 0 radical (unpaired) electrons. The lowest BCUT2D eigenvalue weighted by Gasteiger charge is -2.08. The molecular formula is C15H12BrClN2. The van der Waals surface area contributed by atoms with Crippen molar-refractivity contribution in [2.24, 2.45) is 0 Å². The summed E-state index contributed by atoms with van der Waals surface area (Å²) in [6.45, 7) is 1.43. The van der Waals surface area contributed by atoms with Gasteiger partial charge in [0.15, 0.2) is 0 Å². The molecule has 0 aliphatic heterocycles. The van der Waals surface area contributed by atoms with Gasteiger partial charge >= 0.3 is 0 Å². The summed E-state index contributed by atoms with van der Waals surface area (Å²) in [6.07, 6.45) is 0. The zero-order valence-corrected chi connectivity index (χ0v) is 12.5. The van der Waals surface area contributed by atoms with Gasteiger partial charge in [0.2, 0.25) is 0 Å². The fourth-order valence-corrected chi connectivity index (χ4v) is 2.41. The number of nitrogens with zero attached hydrogens (tertiary/aromatic N) is 1. The summed E-state index contributed by atoms with van der Waals surface area (Å²) in [7, 11) is 0. The molecule has 0 spiro atoms. The van der Waals surface area contributed by atoms with Crippen LogP contribution in [0.4, 0.5) is 0 Å². The molecule has 2 aromatic carbocycles. The van der Waals surface area contributed by atoms with Crippen molar-refractivity contribution in [3.8, 4) is 6.07 Å². The predicted molar refractivity (Wildman–Crippen MR) is 80.9 cm³/mol. The van der Waals surface area contributed by atoms with Crippen LogP contribution in [-0.2, 0) is 13.1 Å². The van der Waals surface area contributed by atoms with E-state index in [4.69, 9.17) is 16.9 Å². The molecule has 0 atom stereocenters. The topological polar surface area (TPSA) is 35.8 Å². The summed E-state index contributed by atoms with van der Waals surface area (Å²) in [5, 5.41) is 12.7. The quantitative estimate of drug-likeness (QED) is 0.906. The van der Waals surface area contributed by atoms with Crippen LogP contribution in [-0.4, -0.2) is 0 Å². The molecule has 0 unspecified atom stereocenters. The van der Waals surface area contributed by atoms with Gasteiger partial charge in [-0.25, -0.2) is 0 Å². The van der Waals surface area contributed by atoms with Crippen LogP contribution in [0.15, 0.2) is 46.9 Å². The molecule has 2 rings (SSSR count). The van der Waals surface area contributed by atoms with Gasteiger partial charge in [0.05, 0.1) is 11.6 Å². The van der Waals surface area contributed by atoms with Crippen molar-refractivity contribution in [3.63, 3.8) is 0 Å². The lowest BCUT2D eigenvalue weighted by molar-refractivity contribution is 0.691. The monoisotopic (exact) mass is 334 g/mol. The molecule has 0 saturated heterocycles. The molecule has 2 nitrogen and oxygen atoms in total. The highest BCUT2D eigenvalue weighted by Gasteiger charge is 2.02. The lowest BCUT2D eigenvalue weighted by atomic mass is 10.1. The second kappa shape index (κ2) is 6.72. The maximum Gasteiger partial charge on any atom is 0.0992 e. The van der Waals surface area contributed by atoms with Crippen LogP contribution < -0.4 is 5.32 Å². The first-order valence-corrected chi connectivity index (χ1v) is 7.00. The minimum atomic E-state index is 0.583. The highest BCUT2D eigenvalue weighted by Crippen LogP contribution is 2.18. The van der Waals surface area contributed by atoms with Gasteiger partial charge in [-0.1, -0.05) is 51.8 Å². The van der Waals surface area contributed by atoms with Crippen LogP contribution in [0.5, 0.6) is 0 Å². The highest BCUT2D eigenvalue weighted by atomic mass is 79.9. The predicted octanol–water partition coefficient (Wildman–Crippen LogP) is 4.26. The van der Waals surface area contributed by atoms with Crippen LogP contribution in [0, 0.1) is 11.3 Å². The number of rotatable bonds is 4. The Kier molecular flexibility index (Phi) is 4.98.